The van der Waals surface area contributed by atoms with Crippen molar-refractivity contribution in [3.63, 3.8) is 0 Å². The van der Waals surface area contributed by atoms with E-state index in [9.17, 15) is 0 Å². The first-order valence-corrected chi connectivity index (χ1v) is 7.96. The van der Waals surface area contributed by atoms with Crippen LogP contribution >= 0.6 is 11.8 Å². The topological polar surface area (TPSA) is 56.1 Å². The van der Waals surface area contributed by atoms with Gasteiger partial charge < -0.3 is 4.74 Å². The number of rotatable bonds is 6. The smallest absolute Gasteiger partial charge is 0.168 e. The maximum Gasteiger partial charge on any atom is 0.168 e. The van der Waals surface area contributed by atoms with Crippen molar-refractivity contribution < 1.29 is 4.74 Å². The number of tetrazole rings is 1. The summed E-state index contributed by atoms with van der Waals surface area (Å²) in [5.74, 6) is 3.86. The fourth-order valence-corrected chi connectivity index (χ4v) is 3.43. The Balaban J connectivity index is 2.16. The van der Waals surface area contributed by atoms with Crippen molar-refractivity contribution in [3.05, 3.63) is 5.82 Å². The maximum absolute atomic E-state index is 5.12. The van der Waals surface area contributed by atoms with Crippen LogP contribution in [0.4, 0.5) is 0 Å². The normalized spacial score (nSPS) is 18.9. The Hall–Kier alpha value is -0.660. The summed E-state index contributed by atoms with van der Waals surface area (Å²) in [6.45, 7) is 8.06. The van der Waals surface area contributed by atoms with Crippen LogP contribution < -0.4 is 0 Å². The highest BCUT2D eigenvalue weighted by atomic mass is 32.2. The lowest BCUT2D eigenvalue weighted by Gasteiger charge is -2.35. The van der Waals surface area contributed by atoms with Gasteiger partial charge in [-0.1, -0.05) is 13.8 Å². The molecule has 0 aliphatic carbocycles. The van der Waals surface area contributed by atoms with Crippen molar-refractivity contribution in [2.75, 3.05) is 38.3 Å². The van der Waals surface area contributed by atoms with Crippen LogP contribution in [0.1, 0.15) is 25.7 Å². The predicted molar refractivity (Wildman–Crippen MR) is 76.2 cm³/mol. The first kappa shape index (κ1) is 14.7. The summed E-state index contributed by atoms with van der Waals surface area (Å²) in [5, 5.41) is 12.2. The molecule has 0 spiro atoms. The second-order valence-corrected chi connectivity index (χ2v) is 6.31. The number of nitrogens with zero attached hydrogens (tertiary/aromatic N) is 5. The van der Waals surface area contributed by atoms with Crippen molar-refractivity contribution in [2.24, 2.45) is 5.92 Å². The third-order valence-corrected chi connectivity index (χ3v) is 4.34. The van der Waals surface area contributed by atoms with Crippen molar-refractivity contribution in [1.82, 2.24) is 25.1 Å². The van der Waals surface area contributed by atoms with Crippen molar-refractivity contribution >= 4 is 11.8 Å². The summed E-state index contributed by atoms with van der Waals surface area (Å²) in [7, 11) is 1.70. The number of methoxy groups -OCH3 is 1. The van der Waals surface area contributed by atoms with E-state index in [-0.39, 0.29) is 0 Å². The molecule has 0 unspecified atom stereocenters. The molecule has 1 saturated heterocycles. The molecular weight excluding hydrogens is 262 g/mol. The van der Waals surface area contributed by atoms with Gasteiger partial charge in [0.2, 0.25) is 0 Å². The molecule has 1 atom stereocenters. The number of hydrogen-bond acceptors (Lipinski definition) is 6. The van der Waals surface area contributed by atoms with E-state index in [4.69, 9.17) is 4.74 Å². The van der Waals surface area contributed by atoms with E-state index in [0.29, 0.717) is 25.1 Å². The third kappa shape index (κ3) is 3.67. The van der Waals surface area contributed by atoms with Gasteiger partial charge >= 0.3 is 0 Å². The Morgan fingerprint density at radius 3 is 2.68 bits per heavy atom. The lowest BCUT2D eigenvalue weighted by atomic mass is 10.0. The van der Waals surface area contributed by atoms with E-state index in [1.165, 1.54) is 11.5 Å². The van der Waals surface area contributed by atoms with Crippen LogP contribution in [-0.4, -0.2) is 63.4 Å². The number of thioether (sulfide) groups is 1. The van der Waals surface area contributed by atoms with Gasteiger partial charge in [-0.05, 0) is 16.3 Å². The van der Waals surface area contributed by atoms with Crippen LogP contribution in [0.2, 0.25) is 0 Å². The summed E-state index contributed by atoms with van der Waals surface area (Å²) in [5.41, 5.74) is 0. The minimum Gasteiger partial charge on any atom is -0.383 e. The lowest BCUT2D eigenvalue weighted by molar-refractivity contribution is 0.148. The fourth-order valence-electron chi connectivity index (χ4n) is 2.50. The monoisotopic (exact) mass is 285 g/mol. The Kier molecular flexibility index (Phi) is 5.59. The van der Waals surface area contributed by atoms with Gasteiger partial charge in [-0.25, -0.2) is 4.68 Å². The number of ether oxygens (including phenoxy) is 1. The van der Waals surface area contributed by atoms with Crippen LogP contribution in [0.3, 0.4) is 0 Å². The second-order valence-electron chi connectivity index (χ2n) is 5.09. The zero-order valence-corrected chi connectivity index (χ0v) is 12.8. The van der Waals surface area contributed by atoms with Gasteiger partial charge in [-0.2, -0.15) is 11.8 Å². The molecule has 6 nitrogen and oxygen atoms in total. The van der Waals surface area contributed by atoms with Gasteiger partial charge in [-0.15, -0.1) is 5.10 Å². The summed E-state index contributed by atoms with van der Waals surface area (Å²) in [4.78, 5) is 2.51. The summed E-state index contributed by atoms with van der Waals surface area (Å²) in [6.07, 6.45) is 0. The molecule has 1 aliphatic heterocycles. The van der Waals surface area contributed by atoms with Gasteiger partial charge in [0, 0.05) is 31.7 Å². The molecule has 1 aromatic rings. The molecule has 7 heteroatoms. The van der Waals surface area contributed by atoms with Gasteiger partial charge in [0.05, 0.1) is 19.2 Å². The average molecular weight is 285 g/mol. The fraction of sp³-hybridized carbons (Fsp3) is 0.917. The zero-order chi connectivity index (χ0) is 13.7. The summed E-state index contributed by atoms with van der Waals surface area (Å²) in [6, 6.07) is 0.299. The molecule has 1 aliphatic rings. The van der Waals surface area contributed by atoms with Crippen LogP contribution in [0, 0.1) is 5.92 Å². The van der Waals surface area contributed by atoms with E-state index >= 15 is 0 Å². The van der Waals surface area contributed by atoms with Gasteiger partial charge in [0.1, 0.15) is 0 Å². The predicted octanol–water partition coefficient (Wildman–Crippen LogP) is 1.07. The largest absolute Gasteiger partial charge is 0.383 e. The molecular formula is C12H23N5OS. The van der Waals surface area contributed by atoms with Crippen molar-refractivity contribution in [2.45, 2.75) is 26.4 Å². The molecule has 1 aromatic heterocycles. The van der Waals surface area contributed by atoms with E-state index in [1.54, 1.807) is 7.11 Å². The number of aromatic nitrogens is 4. The molecule has 1 fully saturated rings. The molecule has 2 heterocycles. The molecule has 0 amide bonds. The van der Waals surface area contributed by atoms with Crippen LogP contribution in [0.5, 0.6) is 0 Å². The summed E-state index contributed by atoms with van der Waals surface area (Å²) >= 11 is 2.02. The SMILES string of the molecule is COCCn1nnnc1[C@H](C(C)C)N1CCSCC1. The minimum absolute atomic E-state index is 0.299. The molecule has 0 N–H and O–H groups in total. The molecule has 108 valence electrons. The zero-order valence-electron chi connectivity index (χ0n) is 11.9. The Morgan fingerprint density at radius 1 is 1.32 bits per heavy atom. The van der Waals surface area contributed by atoms with Gasteiger partial charge in [0.15, 0.2) is 5.82 Å². The number of hydrogen-bond donors (Lipinski definition) is 0. The van der Waals surface area contributed by atoms with Crippen LogP contribution in [-0.2, 0) is 11.3 Å². The maximum atomic E-state index is 5.12. The standard InChI is InChI=1S/C12H23N5OS/c1-10(2)11(16-5-8-19-9-6-16)12-13-14-15-17(12)4-7-18-3/h10-11H,4-9H2,1-3H3/t11-/m0/s1. The van der Waals surface area contributed by atoms with Gasteiger partial charge in [0.25, 0.3) is 0 Å². The molecule has 0 radical (unpaired) electrons. The Morgan fingerprint density at radius 2 is 2.05 bits per heavy atom. The van der Waals surface area contributed by atoms with E-state index < -0.39 is 0 Å². The highest BCUT2D eigenvalue weighted by Crippen LogP contribution is 2.28. The lowest BCUT2D eigenvalue weighted by Crippen LogP contribution is -2.39. The molecule has 2 rings (SSSR count). The van der Waals surface area contributed by atoms with E-state index in [0.717, 1.165) is 18.9 Å². The van der Waals surface area contributed by atoms with Crippen molar-refractivity contribution in [3.8, 4) is 0 Å². The van der Waals surface area contributed by atoms with Crippen molar-refractivity contribution in [1.29, 1.82) is 0 Å². The van der Waals surface area contributed by atoms with Crippen LogP contribution in [0.15, 0.2) is 0 Å². The first-order chi connectivity index (χ1) is 9.24. The quantitative estimate of drug-likeness (QED) is 0.779. The third-order valence-electron chi connectivity index (χ3n) is 3.40. The minimum atomic E-state index is 0.299. The Bertz CT molecular complexity index is 378. The van der Waals surface area contributed by atoms with Gasteiger partial charge in [-0.3, -0.25) is 4.90 Å². The second kappa shape index (κ2) is 7.21. The highest BCUT2D eigenvalue weighted by Gasteiger charge is 2.29. The molecule has 0 saturated carbocycles. The molecule has 19 heavy (non-hydrogen) atoms. The summed E-state index contributed by atoms with van der Waals surface area (Å²) < 4.78 is 7.01. The van der Waals surface area contributed by atoms with Crippen LogP contribution in [0.25, 0.3) is 0 Å². The van der Waals surface area contributed by atoms with E-state index in [1.807, 2.05) is 16.4 Å². The molecule has 0 bridgehead atoms. The Labute approximate surface area is 118 Å². The molecule has 0 aromatic carbocycles. The van der Waals surface area contributed by atoms with E-state index in [2.05, 4.69) is 34.3 Å². The first-order valence-electron chi connectivity index (χ1n) is 6.81. The average Bonchev–Trinajstić information content (AvgIpc) is 2.85. The highest BCUT2D eigenvalue weighted by molar-refractivity contribution is 7.99.